The second-order valence-corrected chi connectivity index (χ2v) is 9.68. The summed E-state index contributed by atoms with van der Waals surface area (Å²) in [7, 11) is 0. The fourth-order valence-corrected chi connectivity index (χ4v) is 7.71. The molecule has 0 amide bonds. The SMILES string of the molecule is CC(=O)[C@H]1CC[C@H]2[C@@H]3CC[C@@H]4CC(=O)CC[C@@]4(C)[C@H]3CC[C@]12C. The predicted octanol–water partition coefficient (Wildman–Crippen LogP) is 4.80. The molecular formula is C21H32O2. The first-order valence-corrected chi connectivity index (χ1v) is 9.88. The van der Waals surface area contributed by atoms with Gasteiger partial charge in [0.05, 0.1) is 0 Å². The molecule has 0 aliphatic heterocycles. The molecule has 4 fully saturated rings. The van der Waals surface area contributed by atoms with Gasteiger partial charge in [-0.15, -0.1) is 0 Å². The third-order valence-electron chi connectivity index (χ3n) is 8.97. The third kappa shape index (κ3) is 2.12. The van der Waals surface area contributed by atoms with Crippen LogP contribution in [0.15, 0.2) is 0 Å². The van der Waals surface area contributed by atoms with E-state index in [9.17, 15) is 9.59 Å². The largest absolute Gasteiger partial charge is 0.300 e. The number of carbonyl (C=O) groups excluding carboxylic acids is 2. The summed E-state index contributed by atoms with van der Waals surface area (Å²) in [6.07, 6.45) is 10.3. The summed E-state index contributed by atoms with van der Waals surface area (Å²) in [5.41, 5.74) is 0.660. The summed E-state index contributed by atoms with van der Waals surface area (Å²) in [5.74, 6) is 4.25. The molecule has 0 saturated heterocycles. The average molecular weight is 316 g/mol. The molecule has 0 spiro atoms. The zero-order valence-electron chi connectivity index (χ0n) is 15.1. The molecule has 0 heterocycles. The third-order valence-corrected chi connectivity index (χ3v) is 8.97. The lowest BCUT2D eigenvalue weighted by molar-refractivity contribution is -0.143. The first-order chi connectivity index (χ1) is 10.9. The lowest BCUT2D eigenvalue weighted by Gasteiger charge is -2.60. The van der Waals surface area contributed by atoms with Crippen LogP contribution in [0.4, 0.5) is 0 Å². The van der Waals surface area contributed by atoms with Crippen molar-refractivity contribution in [1.82, 2.24) is 0 Å². The maximum Gasteiger partial charge on any atom is 0.133 e. The van der Waals surface area contributed by atoms with Crippen LogP contribution in [0.5, 0.6) is 0 Å². The van der Waals surface area contributed by atoms with Gasteiger partial charge in [0.1, 0.15) is 11.6 Å². The second kappa shape index (κ2) is 5.17. The van der Waals surface area contributed by atoms with E-state index < -0.39 is 0 Å². The van der Waals surface area contributed by atoms with E-state index in [2.05, 4.69) is 13.8 Å². The van der Waals surface area contributed by atoms with E-state index in [4.69, 9.17) is 0 Å². The van der Waals surface area contributed by atoms with Gasteiger partial charge in [0.2, 0.25) is 0 Å². The zero-order chi connectivity index (χ0) is 16.4. The average Bonchev–Trinajstić information content (AvgIpc) is 2.85. The molecule has 4 saturated carbocycles. The Hall–Kier alpha value is -0.660. The van der Waals surface area contributed by atoms with E-state index in [0.717, 1.165) is 43.4 Å². The Balaban J connectivity index is 1.63. The van der Waals surface area contributed by atoms with Crippen LogP contribution in [-0.4, -0.2) is 11.6 Å². The number of hydrogen-bond acceptors (Lipinski definition) is 2. The van der Waals surface area contributed by atoms with E-state index in [1.807, 2.05) is 6.92 Å². The lowest BCUT2D eigenvalue weighted by Crippen LogP contribution is -2.53. The molecule has 0 N–H and O–H groups in total. The minimum Gasteiger partial charge on any atom is -0.300 e. The van der Waals surface area contributed by atoms with Crippen molar-refractivity contribution in [2.75, 3.05) is 0 Å². The van der Waals surface area contributed by atoms with Crippen LogP contribution in [0.1, 0.15) is 78.6 Å². The Kier molecular flexibility index (Phi) is 3.56. The highest BCUT2D eigenvalue weighted by Gasteiger charge is 2.60. The van der Waals surface area contributed by atoms with Gasteiger partial charge in [-0.3, -0.25) is 9.59 Å². The van der Waals surface area contributed by atoms with Crippen LogP contribution in [-0.2, 0) is 9.59 Å². The molecule has 0 aromatic carbocycles. The highest BCUT2D eigenvalue weighted by Crippen LogP contribution is 2.67. The first kappa shape index (κ1) is 15.8. The fourth-order valence-electron chi connectivity index (χ4n) is 7.71. The Morgan fingerprint density at radius 3 is 2.43 bits per heavy atom. The molecule has 4 rings (SSSR count). The van der Waals surface area contributed by atoms with Crippen molar-refractivity contribution >= 4 is 11.6 Å². The molecule has 2 nitrogen and oxygen atoms in total. The van der Waals surface area contributed by atoms with Crippen molar-refractivity contribution in [1.29, 1.82) is 0 Å². The molecule has 0 aromatic heterocycles. The highest BCUT2D eigenvalue weighted by atomic mass is 16.1. The Morgan fingerprint density at radius 2 is 1.70 bits per heavy atom. The van der Waals surface area contributed by atoms with Gasteiger partial charge in [-0.05, 0) is 86.4 Å². The molecule has 128 valence electrons. The first-order valence-electron chi connectivity index (χ1n) is 9.88. The lowest BCUT2D eigenvalue weighted by atomic mass is 9.44. The number of rotatable bonds is 1. The molecule has 0 radical (unpaired) electrons. The molecular weight excluding hydrogens is 284 g/mol. The minimum atomic E-state index is 0.265. The Labute approximate surface area is 140 Å². The van der Waals surface area contributed by atoms with Crippen LogP contribution in [0.2, 0.25) is 0 Å². The van der Waals surface area contributed by atoms with Crippen molar-refractivity contribution in [2.24, 2.45) is 40.4 Å². The van der Waals surface area contributed by atoms with Gasteiger partial charge in [0, 0.05) is 18.8 Å². The molecule has 0 unspecified atom stereocenters. The molecule has 2 heteroatoms. The van der Waals surface area contributed by atoms with Crippen molar-refractivity contribution in [2.45, 2.75) is 78.6 Å². The van der Waals surface area contributed by atoms with Gasteiger partial charge in [-0.2, -0.15) is 0 Å². The number of Topliss-reactive ketones (excluding diaryl/α,β-unsaturated/α-hetero) is 2. The maximum absolute atomic E-state index is 12.2. The minimum absolute atomic E-state index is 0.265. The van der Waals surface area contributed by atoms with Crippen LogP contribution in [0.25, 0.3) is 0 Å². The van der Waals surface area contributed by atoms with Gasteiger partial charge in [0.25, 0.3) is 0 Å². The van der Waals surface area contributed by atoms with E-state index in [0.29, 0.717) is 28.8 Å². The zero-order valence-corrected chi connectivity index (χ0v) is 15.1. The number of fused-ring (bicyclic) bond motifs is 5. The van der Waals surface area contributed by atoms with E-state index in [1.54, 1.807) is 0 Å². The van der Waals surface area contributed by atoms with Crippen molar-refractivity contribution in [3.05, 3.63) is 0 Å². The van der Waals surface area contributed by atoms with Crippen molar-refractivity contribution < 1.29 is 9.59 Å². The van der Waals surface area contributed by atoms with Crippen LogP contribution >= 0.6 is 0 Å². The maximum atomic E-state index is 12.2. The standard InChI is InChI=1S/C21H32O2/c1-13(22)17-6-7-18-16-5-4-14-12-15(23)8-10-20(14,2)19(16)9-11-21(17,18)3/h14,16-19H,4-12H2,1-3H3/t14-,16+,17-,18+,19+,20-,21-/m1/s1. The molecule has 4 aliphatic rings. The van der Waals surface area contributed by atoms with E-state index >= 15 is 0 Å². The molecule has 0 bridgehead atoms. The molecule has 23 heavy (non-hydrogen) atoms. The fraction of sp³-hybridized carbons (Fsp3) is 0.905. The summed E-state index contributed by atoms with van der Waals surface area (Å²) in [6.45, 7) is 6.74. The highest BCUT2D eigenvalue weighted by molar-refractivity contribution is 5.80. The van der Waals surface area contributed by atoms with Crippen LogP contribution in [0.3, 0.4) is 0 Å². The Bertz CT molecular complexity index is 538. The van der Waals surface area contributed by atoms with E-state index in [1.165, 1.54) is 32.1 Å². The summed E-state index contributed by atoms with van der Waals surface area (Å²) in [4.78, 5) is 24.1. The quantitative estimate of drug-likeness (QED) is 0.696. The molecule has 7 atom stereocenters. The van der Waals surface area contributed by atoms with Gasteiger partial charge in [-0.1, -0.05) is 13.8 Å². The van der Waals surface area contributed by atoms with Crippen LogP contribution in [0, 0.1) is 40.4 Å². The van der Waals surface area contributed by atoms with Gasteiger partial charge < -0.3 is 0 Å². The normalized spacial score (nSPS) is 52.5. The summed E-state index contributed by atoms with van der Waals surface area (Å²) < 4.78 is 0. The van der Waals surface area contributed by atoms with Crippen molar-refractivity contribution in [3.8, 4) is 0 Å². The summed E-state index contributed by atoms with van der Waals surface area (Å²) in [5, 5.41) is 0. The number of hydrogen-bond donors (Lipinski definition) is 0. The van der Waals surface area contributed by atoms with Crippen LogP contribution < -0.4 is 0 Å². The van der Waals surface area contributed by atoms with E-state index in [-0.39, 0.29) is 5.41 Å². The molecule has 4 aliphatic carbocycles. The van der Waals surface area contributed by atoms with Gasteiger partial charge >= 0.3 is 0 Å². The predicted molar refractivity (Wildman–Crippen MR) is 90.9 cm³/mol. The summed E-state index contributed by atoms with van der Waals surface area (Å²) in [6, 6.07) is 0. The number of carbonyl (C=O) groups is 2. The summed E-state index contributed by atoms with van der Waals surface area (Å²) >= 11 is 0. The smallest absolute Gasteiger partial charge is 0.133 e. The monoisotopic (exact) mass is 316 g/mol. The van der Waals surface area contributed by atoms with Crippen molar-refractivity contribution in [3.63, 3.8) is 0 Å². The van der Waals surface area contributed by atoms with Gasteiger partial charge in [0.15, 0.2) is 0 Å². The number of ketones is 2. The molecule has 0 aromatic rings. The Morgan fingerprint density at radius 1 is 0.957 bits per heavy atom. The second-order valence-electron chi connectivity index (χ2n) is 9.68. The van der Waals surface area contributed by atoms with Gasteiger partial charge in [-0.25, -0.2) is 0 Å². The topological polar surface area (TPSA) is 34.1 Å².